The molecule has 0 fully saturated rings. The van der Waals surface area contributed by atoms with Gasteiger partial charge in [0.25, 0.3) is 0 Å². The number of para-hydroxylation sites is 2. The summed E-state index contributed by atoms with van der Waals surface area (Å²) in [7, 11) is 0. The molecular formula is C23H21N5O3S. The molecule has 2 aromatic heterocycles. The van der Waals surface area contributed by atoms with Crippen molar-refractivity contribution in [2.45, 2.75) is 30.5 Å². The maximum Gasteiger partial charge on any atom is 0.237 e. The van der Waals surface area contributed by atoms with Crippen LogP contribution in [0.1, 0.15) is 23.4 Å². The van der Waals surface area contributed by atoms with Gasteiger partial charge >= 0.3 is 0 Å². The van der Waals surface area contributed by atoms with Crippen LogP contribution >= 0.6 is 11.8 Å². The van der Waals surface area contributed by atoms with Gasteiger partial charge in [-0.05, 0) is 19.1 Å². The van der Waals surface area contributed by atoms with Crippen LogP contribution in [-0.2, 0) is 12.3 Å². The van der Waals surface area contributed by atoms with E-state index >= 15 is 0 Å². The van der Waals surface area contributed by atoms with Crippen molar-refractivity contribution in [3.8, 4) is 22.9 Å². The fourth-order valence-corrected chi connectivity index (χ4v) is 4.14. The van der Waals surface area contributed by atoms with Crippen LogP contribution in [0.25, 0.3) is 11.4 Å². The van der Waals surface area contributed by atoms with Crippen LogP contribution in [0.4, 0.5) is 0 Å². The van der Waals surface area contributed by atoms with Crippen LogP contribution in [0.3, 0.4) is 0 Å². The summed E-state index contributed by atoms with van der Waals surface area (Å²) in [5.41, 5.74) is 2.10. The van der Waals surface area contributed by atoms with Crippen molar-refractivity contribution < 1.29 is 14.0 Å². The Hall–Kier alpha value is -3.59. The maximum absolute atomic E-state index is 6.11. The van der Waals surface area contributed by atoms with E-state index in [0.717, 1.165) is 16.5 Å². The van der Waals surface area contributed by atoms with Gasteiger partial charge in [0.05, 0.1) is 5.75 Å². The molecule has 1 aliphatic rings. The summed E-state index contributed by atoms with van der Waals surface area (Å²) < 4.78 is 19.3. The van der Waals surface area contributed by atoms with Gasteiger partial charge in [0.2, 0.25) is 11.7 Å². The van der Waals surface area contributed by atoms with Crippen LogP contribution in [0.15, 0.2) is 70.9 Å². The third kappa shape index (κ3) is 4.11. The van der Waals surface area contributed by atoms with Crippen molar-refractivity contribution in [1.29, 1.82) is 0 Å². The van der Waals surface area contributed by atoms with Crippen LogP contribution in [0.2, 0.25) is 0 Å². The lowest BCUT2D eigenvalue weighted by Crippen LogP contribution is -2.25. The van der Waals surface area contributed by atoms with Crippen molar-refractivity contribution in [1.82, 2.24) is 24.9 Å². The first kappa shape index (κ1) is 20.3. The van der Waals surface area contributed by atoms with E-state index in [1.807, 2.05) is 60.0 Å². The summed E-state index contributed by atoms with van der Waals surface area (Å²) in [4.78, 5) is 4.50. The molecule has 162 valence electrons. The molecule has 0 saturated heterocycles. The second kappa shape index (κ2) is 8.88. The Labute approximate surface area is 189 Å². The summed E-state index contributed by atoms with van der Waals surface area (Å²) in [5, 5.41) is 13.5. The molecule has 32 heavy (non-hydrogen) atoms. The fourth-order valence-electron chi connectivity index (χ4n) is 3.35. The summed E-state index contributed by atoms with van der Waals surface area (Å²) in [6.07, 6.45) is 1.44. The first-order valence-electron chi connectivity index (χ1n) is 10.2. The number of thioether (sulfide) groups is 1. The lowest BCUT2D eigenvalue weighted by Gasteiger charge is -2.26. The zero-order valence-electron chi connectivity index (χ0n) is 17.5. The zero-order chi connectivity index (χ0) is 21.9. The summed E-state index contributed by atoms with van der Waals surface area (Å²) in [6, 6.07) is 15.6. The number of hydrogen-bond acceptors (Lipinski definition) is 8. The molecule has 8 nitrogen and oxygen atoms in total. The predicted octanol–water partition coefficient (Wildman–Crippen LogP) is 4.63. The Balaban J connectivity index is 1.31. The number of ether oxygens (including phenoxy) is 2. The largest absolute Gasteiger partial charge is 0.485 e. The highest BCUT2D eigenvalue weighted by molar-refractivity contribution is 7.98. The van der Waals surface area contributed by atoms with Gasteiger partial charge in [-0.25, -0.2) is 0 Å². The van der Waals surface area contributed by atoms with E-state index in [-0.39, 0.29) is 6.10 Å². The van der Waals surface area contributed by atoms with Gasteiger partial charge in [0.15, 0.2) is 28.6 Å². The molecule has 1 unspecified atom stereocenters. The van der Waals surface area contributed by atoms with Crippen LogP contribution in [0.5, 0.6) is 11.5 Å². The SMILES string of the molecule is C=CCn1c(SCc2nc(-c3ccc(C)cc3)no2)nnc1C1COc2ccccc2O1. The van der Waals surface area contributed by atoms with Gasteiger partial charge in [0.1, 0.15) is 6.61 Å². The number of hydrogen-bond donors (Lipinski definition) is 0. The Kier molecular flexibility index (Phi) is 5.64. The first-order chi connectivity index (χ1) is 15.7. The van der Waals surface area contributed by atoms with Crippen molar-refractivity contribution in [2.24, 2.45) is 0 Å². The molecule has 1 atom stereocenters. The number of aryl methyl sites for hydroxylation is 1. The lowest BCUT2D eigenvalue weighted by atomic mass is 10.1. The number of nitrogens with zero attached hydrogens (tertiary/aromatic N) is 5. The molecule has 4 aromatic rings. The average Bonchev–Trinajstić information content (AvgIpc) is 3.45. The van der Waals surface area contributed by atoms with Gasteiger partial charge in [-0.15, -0.1) is 16.8 Å². The average molecular weight is 448 g/mol. The predicted molar refractivity (Wildman–Crippen MR) is 120 cm³/mol. The van der Waals surface area contributed by atoms with Crippen molar-refractivity contribution in [3.63, 3.8) is 0 Å². The normalized spacial score (nSPS) is 15.0. The molecule has 9 heteroatoms. The Morgan fingerprint density at radius 3 is 2.75 bits per heavy atom. The van der Waals surface area contributed by atoms with Crippen LogP contribution < -0.4 is 9.47 Å². The minimum atomic E-state index is -0.358. The summed E-state index contributed by atoms with van der Waals surface area (Å²) >= 11 is 1.47. The van der Waals surface area contributed by atoms with E-state index in [2.05, 4.69) is 26.9 Å². The Bertz CT molecular complexity index is 1230. The van der Waals surface area contributed by atoms with Crippen molar-refractivity contribution in [2.75, 3.05) is 6.61 Å². The third-order valence-electron chi connectivity index (χ3n) is 4.96. The lowest BCUT2D eigenvalue weighted by molar-refractivity contribution is 0.0821. The Morgan fingerprint density at radius 2 is 1.94 bits per heavy atom. The first-order valence-corrected chi connectivity index (χ1v) is 11.1. The summed E-state index contributed by atoms with van der Waals surface area (Å²) in [5.74, 6) is 3.67. The standard InChI is InChI=1S/C23H21N5O3S/c1-3-12-28-22(19-13-29-17-6-4-5-7-18(17)30-19)25-26-23(28)32-14-20-24-21(27-31-20)16-10-8-15(2)9-11-16/h3-11,19H,1,12-14H2,2H3. The van der Waals surface area contributed by atoms with Crippen molar-refractivity contribution >= 4 is 11.8 Å². The fraction of sp³-hybridized carbons (Fsp3) is 0.217. The van der Waals surface area contributed by atoms with E-state index < -0.39 is 0 Å². The monoisotopic (exact) mass is 447 g/mol. The molecule has 0 amide bonds. The topological polar surface area (TPSA) is 88.1 Å². The smallest absolute Gasteiger partial charge is 0.237 e. The minimum absolute atomic E-state index is 0.358. The molecule has 0 saturated carbocycles. The maximum atomic E-state index is 6.11. The number of benzene rings is 2. The molecule has 0 bridgehead atoms. The van der Waals surface area contributed by atoms with Gasteiger partial charge in [-0.1, -0.05) is 65.0 Å². The molecule has 3 heterocycles. The summed E-state index contributed by atoms with van der Waals surface area (Å²) in [6.45, 7) is 6.81. The minimum Gasteiger partial charge on any atom is -0.485 e. The number of aromatic nitrogens is 5. The van der Waals surface area contributed by atoms with Crippen molar-refractivity contribution in [3.05, 3.63) is 78.5 Å². The molecule has 1 aliphatic heterocycles. The van der Waals surface area contributed by atoms with E-state index in [0.29, 0.717) is 42.2 Å². The van der Waals surface area contributed by atoms with Crippen LogP contribution in [-0.4, -0.2) is 31.5 Å². The highest BCUT2D eigenvalue weighted by Crippen LogP contribution is 2.36. The highest BCUT2D eigenvalue weighted by atomic mass is 32.2. The molecule has 0 aliphatic carbocycles. The van der Waals surface area contributed by atoms with Gasteiger partial charge in [-0.2, -0.15) is 4.98 Å². The highest BCUT2D eigenvalue weighted by Gasteiger charge is 2.28. The van der Waals surface area contributed by atoms with E-state index in [1.54, 1.807) is 6.08 Å². The molecule has 5 rings (SSSR count). The van der Waals surface area contributed by atoms with E-state index in [4.69, 9.17) is 14.0 Å². The number of fused-ring (bicyclic) bond motifs is 1. The molecule has 0 radical (unpaired) electrons. The zero-order valence-corrected chi connectivity index (χ0v) is 18.3. The van der Waals surface area contributed by atoms with Gasteiger partial charge < -0.3 is 14.0 Å². The molecule has 0 spiro atoms. The van der Waals surface area contributed by atoms with E-state index in [1.165, 1.54) is 17.3 Å². The number of rotatable bonds is 7. The molecular weight excluding hydrogens is 426 g/mol. The second-order valence-electron chi connectivity index (χ2n) is 7.27. The quantitative estimate of drug-likeness (QED) is 0.299. The molecule has 2 aromatic carbocycles. The molecule has 0 N–H and O–H groups in total. The van der Waals surface area contributed by atoms with Gasteiger partial charge in [0, 0.05) is 12.1 Å². The number of allylic oxidation sites excluding steroid dienone is 1. The van der Waals surface area contributed by atoms with Crippen LogP contribution in [0, 0.1) is 6.92 Å². The van der Waals surface area contributed by atoms with Gasteiger partial charge in [-0.3, -0.25) is 4.57 Å². The second-order valence-corrected chi connectivity index (χ2v) is 8.21. The van der Waals surface area contributed by atoms with E-state index in [9.17, 15) is 0 Å². The Morgan fingerprint density at radius 1 is 1.12 bits per heavy atom. The third-order valence-corrected chi connectivity index (χ3v) is 5.91.